The summed E-state index contributed by atoms with van der Waals surface area (Å²) < 4.78 is 23.2. The fraction of sp³-hybridized carbons (Fsp3) is 0.562. The van der Waals surface area contributed by atoms with Gasteiger partial charge in [-0.15, -0.1) is 0 Å². The van der Waals surface area contributed by atoms with E-state index in [0.29, 0.717) is 18.2 Å². The Morgan fingerprint density at radius 2 is 2.05 bits per heavy atom. The SMILES string of the molecule is Cc1ccc(S(C)(=O)=O)cc1C(=O)NC[C@H](C)N(C)C1CC1. The Hall–Kier alpha value is -1.40. The van der Waals surface area contributed by atoms with Crippen molar-refractivity contribution in [3.8, 4) is 0 Å². The van der Waals surface area contributed by atoms with Crippen molar-refractivity contribution in [2.75, 3.05) is 19.8 Å². The number of sulfone groups is 1. The van der Waals surface area contributed by atoms with Crippen molar-refractivity contribution < 1.29 is 13.2 Å². The van der Waals surface area contributed by atoms with E-state index in [2.05, 4.69) is 24.2 Å². The minimum absolute atomic E-state index is 0.173. The number of nitrogens with one attached hydrogen (secondary N) is 1. The first kappa shape index (κ1) is 17.0. The summed E-state index contributed by atoms with van der Waals surface area (Å²) in [6.07, 6.45) is 3.60. The van der Waals surface area contributed by atoms with Crippen LogP contribution in [0, 0.1) is 6.92 Å². The zero-order chi connectivity index (χ0) is 16.5. The van der Waals surface area contributed by atoms with Crippen LogP contribution >= 0.6 is 0 Å². The van der Waals surface area contributed by atoms with E-state index in [1.54, 1.807) is 13.0 Å². The molecule has 0 spiro atoms. The molecular weight excluding hydrogens is 300 g/mol. The van der Waals surface area contributed by atoms with Crippen LogP contribution in [0.2, 0.25) is 0 Å². The largest absolute Gasteiger partial charge is 0.350 e. The quantitative estimate of drug-likeness (QED) is 0.863. The lowest BCUT2D eigenvalue weighted by molar-refractivity contribution is 0.0938. The van der Waals surface area contributed by atoms with Crippen molar-refractivity contribution in [3.63, 3.8) is 0 Å². The maximum Gasteiger partial charge on any atom is 0.251 e. The molecule has 1 fully saturated rings. The summed E-state index contributed by atoms with van der Waals surface area (Å²) in [4.78, 5) is 14.8. The number of benzene rings is 1. The number of amides is 1. The maximum absolute atomic E-state index is 12.3. The van der Waals surface area contributed by atoms with Crippen LogP contribution in [0.5, 0.6) is 0 Å². The molecule has 1 aliphatic carbocycles. The highest BCUT2D eigenvalue weighted by atomic mass is 32.2. The first-order valence-corrected chi connectivity index (χ1v) is 9.40. The summed E-state index contributed by atoms with van der Waals surface area (Å²) in [6.45, 7) is 4.44. The van der Waals surface area contributed by atoms with Crippen molar-refractivity contribution in [2.24, 2.45) is 0 Å². The highest BCUT2D eigenvalue weighted by Gasteiger charge is 2.29. The molecule has 22 heavy (non-hydrogen) atoms. The smallest absolute Gasteiger partial charge is 0.251 e. The van der Waals surface area contributed by atoms with Gasteiger partial charge in [-0.2, -0.15) is 0 Å². The van der Waals surface area contributed by atoms with Gasteiger partial charge in [0.25, 0.3) is 5.91 Å². The fourth-order valence-corrected chi connectivity index (χ4v) is 3.04. The summed E-state index contributed by atoms with van der Waals surface area (Å²) in [7, 11) is -1.24. The third-order valence-electron chi connectivity index (χ3n) is 4.26. The van der Waals surface area contributed by atoms with Crippen LogP contribution in [0.15, 0.2) is 23.1 Å². The molecule has 0 radical (unpaired) electrons. The van der Waals surface area contributed by atoms with Crippen molar-refractivity contribution in [1.82, 2.24) is 10.2 Å². The number of rotatable bonds is 6. The van der Waals surface area contributed by atoms with Gasteiger partial charge in [-0.1, -0.05) is 6.07 Å². The van der Waals surface area contributed by atoms with Gasteiger partial charge in [0.15, 0.2) is 9.84 Å². The number of hydrogen-bond acceptors (Lipinski definition) is 4. The van der Waals surface area contributed by atoms with Crippen LogP contribution in [-0.2, 0) is 9.84 Å². The molecule has 2 rings (SSSR count). The fourth-order valence-electron chi connectivity index (χ4n) is 2.40. The lowest BCUT2D eigenvalue weighted by Gasteiger charge is -2.24. The average Bonchev–Trinajstić information content (AvgIpc) is 3.27. The predicted octanol–water partition coefficient (Wildman–Crippen LogP) is 1.61. The third kappa shape index (κ3) is 4.08. The summed E-state index contributed by atoms with van der Waals surface area (Å²) >= 11 is 0. The van der Waals surface area contributed by atoms with Crippen molar-refractivity contribution >= 4 is 15.7 Å². The summed E-state index contributed by atoms with van der Waals surface area (Å²) in [5, 5.41) is 2.91. The van der Waals surface area contributed by atoms with Crippen LogP contribution in [-0.4, -0.2) is 51.2 Å². The average molecular weight is 324 g/mol. The topological polar surface area (TPSA) is 66.5 Å². The minimum Gasteiger partial charge on any atom is -0.350 e. The van der Waals surface area contributed by atoms with Gasteiger partial charge in [0, 0.05) is 30.4 Å². The Bertz CT molecular complexity index is 666. The molecule has 0 aliphatic heterocycles. The van der Waals surface area contributed by atoms with Gasteiger partial charge in [-0.3, -0.25) is 9.69 Å². The zero-order valence-corrected chi connectivity index (χ0v) is 14.4. The van der Waals surface area contributed by atoms with Crippen LogP contribution in [0.25, 0.3) is 0 Å². The summed E-state index contributed by atoms with van der Waals surface area (Å²) in [5.41, 5.74) is 1.19. The van der Waals surface area contributed by atoms with Gasteiger partial charge < -0.3 is 5.32 Å². The molecule has 1 amide bonds. The first-order valence-electron chi connectivity index (χ1n) is 7.51. The van der Waals surface area contributed by atoms with Gasteiger partial charge >= 0.3 is 0 Å². The molecule has 1 atom stereocenters. The van der Waals surface area contributed by atoms with Crippen LogP contribution in [0.3, 0.4) is 0 Å². The predicted molar refractivity (Wildman–Crippen MR) is 86.9 cm³/mol. The van der Waals surface area contributed by atoms with E-state index in [4.69, 9.17) is 0 Å². The molecule has 0 bridgehead atoms. The molecule has 1 aliphatic rings. The van der Waals surface area contributed by atoms with E-state index >= 15 is 0 Å². The van der Waals surface area contributed by atoms with Gasteiger partial charge in [0.05, 0.1) is 4.90 Å². The number of nitrogens with zero attached hydrogens (tertiary/aromatic N) is 1. The van der Waals surface area contributed by atoms with E-state index in [1.165, 1.54) is 25.0 Å². The number of aryl methyl sites for hydroxylation is 1. The molecule has 122 valence electrons. The molecule has 0 heterocycles. The molecular formula is C16H24N2O3S. The van der Waals surface area contributed by atoms with E-state index in [9.17, 15) is 13.2 Å². The van der Waals surface area contributed by atoms with Crippen LogP contribution in [0.4, 0.5) is 0 Å². The van der Waals surface area contributed by atoms with E-state index < -0.39 is 9.84 Å². The minimum atomic E-state index is -3.31. The standard InChI is InChI=1S/C16H24N2O3S/c1-11-5-8-14(22(4,20)21)9-15(11)16(19)17-10-12(2)18(3)13-6-7-13/h5,8-9,12-13H,6-7,10H2,1-4H3,(H,17,19)/t12-/m0/s1. The van der Waals surface area contributed by atoms with E-state index in [1.807, 2.05) is 0 Å². The second kappa shape index (κ2) is 6.38. The Balaban J connectivity index is 2.05. The van der Waals surface area contributed by atoms with E-state index in [0.717, 1.165) is 11.8 Å². The van der Waals surface area contributed by atoms with Gasteiger partial charge in [-0.05, 0) is 51.4 Å². The molecule has 1 saturated carbocycles. The molecule has 0 saturated heterocycles. The lowest BCUT2D eigenvalue weighted by atomic mass is 10.1. The second-order valence-electron chi connectivity index (χ2n) is 6.20. The number of carbonyl (C=O) groups is 1. The van der Waals surface area contributed by atoms with Gasteiger partial charge in [0.1, 0.15) is 0 Å². The zero-order valence-electron chi connectivity index (χ0n) is 13.6. The Morgan fingerprint density at radius 1 is 1.41 bits per heavy atom. The highest BCUT2D eigenvalue weighted by Crippen LogP contribution is 2.26. The monoisotopic (exact) mass is 324 g/mol. The van der Waals surface area contributed by atoms with Crippen molar-refractivity contribution in [1.29, 1.82) is 0 Å². The lowest BCUT2D eigenvalue weighted by Crippen LogP contribution is -2.41. The van der Waals surface area contributed by atoms with Gasteiger partial charge in [0.2, 0.25) is 0 Å². The number of carbonyl (C=O) groups excluding carboxylic acids is 1. The summed E-state index contributed by atoms with van der Waals surface area (Å²) in [5.74, 6) is -0.223. The molecule has 1 aromatic rings. The summed E-state index contributed by atoms with van der Waals surface area (Å²) in [6, 6.07) is 5.56. The molecule has 1 aromatic carbocycles. The number of hydrogen-bond donors (Lipinski definition) is 1. The molecule has 5 nitrogen and oxygen atoms in total. The molecule has 6 heteroatoms. The maximum atomic E-state index is 12.3. The highest BCUT2D eigenvalue weighted by molar-refractivity contribution is 7.90. The Labute approximate surface area is 132 Å². The van der Waals surface area contributed by atoms with Crippen LogP contribution in [0.1, 0.15) is 35.7 Å². The first-order chi connectivity index (χ1) is 10.2. The normalized spacial score (nSPS) is 16.6. The van der Waals surface area contributed by atoms with E-state index in [-0.39, 0.29) is 16.8 Å². The Kier molecular flexibility index (Phi) is 4.92. The van der Waals surface area contributed by atoms with Crippen molar-refractivity contribution in [2.45, 2.75) is 43.7 Å². The van der Waals surface area contributed by atoms with Crippen LogP contribution < -0.4 is 5.32 Å². The molecule has 0 unspecified atom stereocenters. The third-order valence-corrected chi connectivity index (χ3v) is 5.37. The van der Waals surface area contributed by atoms with Gasteiger partial charge in [-0.25, -0.2) is 8.42 Å². The second-order valence-corrected chi connectivity index (χ2v) is 8.22. The molecule has 0 aromatic heterocycles. The Morgan fingerprint density at radius 3 is 2.59 bits per heavy atom. The van der Waals surface area contributed by atoms with Crippen molar-refractivity contribution in [3.05, 3.63) is 29.3 Å². The number of likely N-dealkylation sites (N-methyl/N-ethyl adjacent to an activating group) is 1. The molecule has 1 N–H and O–H groups in total.